The summed E-state index contributed by atoms with van der Waals surface area (Å²) >= 11 is 6.01. The lowest BCUT2D eigenvalue weighted by molar-refractivity contribution is -0.0986. The standard InChI is InChI=1S/C12H17ClN2O4/c1-3-12(7-13)8(18-2)6-10(19-12)15-5-4-9(16)14-11(15)17/h4-5,8,10H,3,6-7H2,1-2H3,(H,14,16,17)/t8-,10+,12-/m0/s1. The number of aromatic nitrogens is 2. The van der Waals surface area contributed by atoms with Crippen molar-refractivity contribution in [1.82, 2.24) is 9.55 Å². The topological polar surface area (TPSA) is 73.3 Å². The van der Waals surface area contributed by atoms with Crippen LogP contribution in [0.2, 0.25) is 0 Å². The number of alkyl halides is 1. The molecule has 1 saturated heterocycles. The van der Waals surface area contributed by atoms with E-state index in [0.29, 0.717) is 12.8 Å². The van der Waals surface area contributed by atoms with Gasteiger partial charge in [-0.05, 0) is 6.42 Å². The number of ether oxygens (including phenoxy) is 2. The Bertz CT molecular complexity index is 549. The van der Waals surface area contributed by atoms with Crippen molar-refractivity contribution in [1.29, 1.82) is 0 Å². The molecule has 0 aliphatic carbocycles. The van der Waals surface area contributed by atoms with Gasteiger partial charge in [-0.2, -0.15) is 0 Å². The SMILES string of the molecule is CC[C@@]1(CCl)O[C@@H](n2ccc(=O)[nH]c2=O)C[C@@H]1OC. The number of rotatable bonds is 4. The third kappa shape index (κ3) is 2.48. The summed E-state index contributed by atoms with van der Waals surface area (Å²) in [5.74, 6) is 0.288. The van der Waals surface area contributed by atoms with Gasteiger partial charge in [-0.1, -0.05) is 6.92 Å². The summed E-state index contributed by atoms with van der Waals surface area (Å²) in [6.45, 7) is 1.96. The first-order valence-electron chi connectivity index (χ1n) is 6.14. The van der Waals surface area contributed by atoms with Crippen LogP contribution in [0.25, 0.3) is 0 Å². The maximum absolute atomic E-state index is 11.8. The molecule has 0 aromatic carbocycles. The van der Waals surface area contributed by atoms with Crippen molar-refractivity contribution in [2.75, 3.05) is 13.0 Å². The van der Waals surface area contributed by atoms with E-state index in [2.05, 4.69) is 4.98 Å². The number of methoxy groups -OCH3 is 1. The van der Waals surface area contributed by atoms with Gasteiger partial charge in [0.05, 0.1) is 12.0 Å². The molecule has 0 bridgehead atoms. The highest BCUT2D eigenvalue weighted by atomic mass is 35.5. The van der Waals surface area contributed by atoms with E-state index in [4.69, 9.17) is 21.1 Å². The van der Waals surface area contributed by atoms with Crippen LogP contribution < -0.4 is 11.2 Å². The first-order chi connectivity index (χ1) is 9.06. The molecule has 1 aromatic heterocycles. The molecule has 3 atom stereocenters. The van der Waals surface area contributed by atoms with Crippen molar-refractivity contribution in [2.45, 2.75) is 37.7 Å². The number of hydrogen-bond donors (Lipinski definition) is 1. The van der Waals surface area contributed by atoms with Gasteiger partial charge in [0.1, 0.15) is 11.8 Å². The number of aromatic amines is 1. The second kappa shape index (κ2) is 5.48. The molecule has 2 rings (SSSR count). The first-order valence-corrected chi connectivity index (χ1v) is 6.68. The van der Waals surface area contributed by atoms with Crippen LogP contribution in [-0.4, -0.2) is 34.2 Å². The summed E-state index contributed by atoms with van der Waals surface area (Å²) in [4.78, 5) is 25.0. The van der Waals surface area contributed by atoms with E-state index in [1.807, 2.05) is 6.92 Å². The van der Waals surface area contributed by atoms with Crippen LogP contribution in [0.3, 0.4) is 0 Å². The zero-order valence-corrected chi connectivity index (χ0v) is 11.6. The fourth-order valence-corrected chi connectivity index (χ4v) is 2.88. The van der Waals surface area contributed by atoms with Crippen LogP contribution in [0.1, 0.15) is 26.0 Å². The number of halogens is 1. The van der Waals surface area contributed by atoms with Crippen LogP contribution >= 0.6 is 11.6 Å². The Morgan fingerprint density at radius 2 is 2.37 bits per heavy atom. The minimum absolute atomic E-state index is 0.182. The lowest BCUT2D eigenvalue weighted by atomic mass is 9.96. The van der Waals surface area contributed by atoms with Gasteiger partial charge in [-0.15, -0.1) is 11.6 Å². The molecule has 2 heterocycles. The maximum Gasteiger partial charge on any atom is 0.330 e. The fraction of sp³-hybridized carbons (Fsp3) is 0.667. The Balaban J connectivity index is 2.34. The van der Waals surface area contributed by atoms with Crippen LogP contribution in [0.4, 0.5) is 0 Å². The molecule has 1 fully saturated rings. The Morgan fingerprint density at radius 1 is 1.63 bits per heavy atom. The van der Waals surface area contributed by atoms with E-state index in [0.717, 1.165) is 0 Å². The summed E-state index contributed by atoms with van der Waals surface area (Å²) in [6.07, 6.45) is 1.97. The molecule has 1 aliphatic rings. The summed E-state index contributed by atoms with van der Waals surface area (Å²) in [6, 6.07) is 1.29. The van der Waals surface area contributed by atoms with Crippen molar-refractivity contribution >= 4 is 11.6 Å². The summed E-state index contributed by atoms with van der Waals surface area (Å²) in [7, 11) is 1.60. The number of nitrogens with one attached hydrogen (secondary N) is 1. The van der Waals surface area contributed by atoms with Crippen LogP contribution in [0.15, 0.2) is 21.9 Å². The second-order valence-corrected chi connectivity index (χ2v) is 4.87. The molecule has 0 saturated carbocycles. The molecule has 0 unspecified atom stereocenters. The van der Waals surface area contributed by atoms with Crippen molar-refractivity contribution in [3.8, 4) is 0 Å². The summed E-state index contributed by atoms with van der Waals surface area (Å²) in [5, 5.41) is 0. The van der Waals surface area contributed by atoms with E-state index < -0.39 is 23.1 Å². The highest BCUT2D eigenvalue weighted by Crippen LogP contribution is 2.40. The Labute approximate surface area is 115 Å². The van der Waals surface area contributed by atoms with Crippen molar-refractivity contribution in [3.05, 3.63) is 33.1 Å². The molecule has 0 radical (unpaired) electrons. The zero-order valence-electron chi connectivity index (χ0n) is 10.9. The summed E-state index contributed by atoms with van der Waals surface area (Å²) < 4.78 is 12.7. The lowest BCUT2D eigenvalue weighted by Crippen LogP contribution is -2.42. The molecule has 6 nitrogen and oxygen atoms in total. The quantitative estimate of drug-likeness (QED) is 0.834. The molecule has 0 spiro atoms. The monoisotopic (exact) mass is 288 g/mol. The first kappa shape index (κ1) is 14.3. The number of nitrogens with zero attached hydrogens (tertiary/aromatic N) is 1. The molecule has 7 heteroatoms. The smallest absolute Gasteiger partial charge is 0.330 e. The highest BCUT2D eigenvalue weighted by molar-refractivity contribution is 6.18. The van der Waals surface area contributed by atoms with Crippen molar-refractivity contribution < 1.29 is 9.47 Å². The Kier molecular flexibility index (Phi) is 4.13. The van der Waals surface area contributed by atoms with Gasteiger partial charge in [0.2, 0.25) is 0 Å². The van der Waals surface area contributed by atoms with Crippen molar-refractivity contribution in [2.24, 2.45) is 0 Å². The van der Waals surface area contributed by atoms with E-state index in [1.165, 1.54) is 16.8 Å². The van der Waals surface area contributed by atoms with E-state index in [-0.39, 0.29) is 12.0 Å². The van der Waals surface area contributed by atoms with Crippen LogP contribution in [0.5, 0.6) is 0 Å². The fourth-order valence-electron chi connectivity index (χ4n) is 2.45. The minimum Gasteiger partial charge on any atom is -0.378 e. The number of H-pyrrole nitrogens is 1. The van der Waals surface area contributed by atoms with E-state index in [1.54, 1.807) is 7.11 Å². The van der Waals surface area contributed by atoms with Gasteiger partial charge in [-0.3, -0.25) is 14.3 Å². The Hall–Kier alpha value is -1.11. The molecule has 1 aliphatic heterocycles. The third-order valence-corrected chi connectivity index (χ3v) is 4.10. The van der Waals surface area contributed by atoms with E-state index >= 15 is 0 Å². The molecular formula is C12H17ClN2O4. The number of hydrogen-bond acceptors (Lipinski definition) is 4. The van der Waals surface area contributed by atoms with Crippen LogP contribution in [0, 0.1) is 0 Å². The van der Waals surface area contributed by atoms with Gasteiger partial charge in [-0.25, -0.2) is 4.79 Å². The van der Waals surface area contributed by atoms with E-state index in [9.17, 15) is 9.59 Å². The minimum atomic E-state index is -0.601. The molecule has 0 amide bonds. The van der Waals surface area contributed by atoms with Gasteiger partial charge in [0.15, 0.2) is 0 Å². The largest absolute Gasteiger partial charge is 0.378 e. The van der Waals surface area contributed by atoms with Gasteiger partial charge < -0.3 is 9.47 Å². The zero-order chi connectivity index (χ0) is 14.0. The molecule has 106 valence electrons. The third-order valence-electron chi connectivity index (χ3n) is 3.64. The average Bonchev–Trinajstić information content (AvgIpc) is 2.78. The second-order valence-electron chi connectivity index (χ2n) is 4.60. The predicted octanol–water partition coefficient (Wildman–Crippen LogP) is 0.858. The van der Waals surface area contributed by atoms with Crippen LogP contribution in [-0.2, 0) is 9.47 Å². The normalized spacial score (nSPS) is 30.7. The summed E-state index contributed by atoms with van der Waals surface area (Å²) in [5.41, 5.74) is -1.52. The molecule has 1 aromatic rings. The average molecular weight is 289 g/mol. The molecular weight excluding hydrogens is 272 g/mol. The van der Waals surface area contributed by atoms with Gasteiger partial charge in [0, 0.05) is 25.8 Å². The van der Waals surface area contributed by atoms with Gasteiger partial charge in [0.25, 0.3) is 5.56 Å². The predicted molar refractivity (Wildman–Crippen MR) is 70.6 cm³/mol. The maximum atomic E-state index is 11.8. The molecule has 19 heavy (non-hydrogen) atoms. The highest BCUT2D eigenvalue weighted by Gasteiger charge is 2.48. The van der Waals surface area contributed by atoms with Crippen molar-refractivity contribution in [3.63, 3.8) is 0 Å². The lowest BCUT2D eigenvalue weighted by Gasteiger charge is -2.30. The van der Waals surface area contributed by atoms with Gasteiger partial charge >= 0.3 is 5.69 Å². The molecule has 1 N–H and O–H groups in total. The Morgan fingerprint density at radius 3 is 2.84 bits per heavy atom.